The van der Waals surface area contributed by atoms with Crippen LogP contribution in [0.25, 0.3) is 15.9 Å². The van der Waals surface area contributed by atoms with E-state index in [2.05, 4.69) is 35.7 Å². The predicted octanol–water partition coefficient (Wildman–Crippen LogP) is 2.38. The summed E-state index contributed by atoms with van der Waals surface area (Å²) in [5.74, 6) is 1.60. The highest BCUT2D eigenvalue weighted by Gasteiger charge is 2.27. The minimum atomic E-state index is -0.0618. The topological polar surface area (TPSA) is 110 Å². The van der Waals surface area contributed by atoms with Crippen molar-refractivity contribution in [3.63, 3.8) is 0 Å². The van der Waals surface area contributed by atoms with E-state index < -0.39 is 0 Å². The molecule has 0 unspecified atom stereocenters. The summed E-state index contributed by atoms with van der Waals surface area (Å²) in [5.41, 5.74) is 1.46. The molecule has 4 heterocycles. The van der Waals surface area contributed by atoms with Gasteiger partial charge in [0, 0.05) is 19.0 Å². The Labute approximate surface area is 175 Å². The third kappa shape index (κ3) is 3.52. The number of anilines is 2. The molecular weight excluding hydrogens is 404 g/mol. The van der Waals surface area contributed by atoms with Gasteiger partial charge in [-0.25, -0.2) is 4.98 Å². The van der Waals surface area contributed by atoms with Crippen LogP contribution in [0.1, 0.15) is 19.8 Å². The molecule has 0 aliphatic carbocycles. The maximum Gasteiger partial charge on any atom is 0.229 e. The summed E-state index contributed by atoms with van der Waals surface area (Å²) in [7, 11) is 0. The zero-order chi connectivity index (χ0) is 20.5. The lowest BCUT2D eigenvalue weighted by molar-refractivity contribution is -0.120. The number of rotatable bonds is 5. The fraction of sp³-hybridized carbons (Fsp3) is 0.368. The molecule has 0 spiro atoms. The van der Waals surface area contributed by atoms with E-state index in [0.717, 1.165) is 47.7 Å². The summed E-state index contributed by atoms with van der Waals surface area (Å²) in [4.78, 5) is 23.7. The Morgan fingerprint density at radius 2 is 2.17 bits per heavy atom. The zero-order valence-electron chi connectivity index (χ0n) is 16.4. The van der Waals surface area contributed by atoms with Crippen LogP contribution < -0.4 is 15.0 Å². The van der Waals surface area contributed by atoms with E-state index >= 15 is 0 Å². The Kier molecular flexibility index (Phi) is 4.87. The van der Waals surface area contributed by atoms with Crippen LogP contribution in [0.5, 0.6) is 5.75 Å². The minimum absolute atomic E-state index is 0.0116. The van der Waals surface area contributed by atoms with E-state index in [1.807, 2.05) is 25.1 Å². The molecule has 5 rings (SSSR count). The number of ether oxygens (including phenoxy) is 1. The van der Waals surface area contributed by atoms with Crippen molar-refractivity contribution in [2.24, 2.45) is 5.92 Å². The number of piperidine rings is 1. The van der Waals surface area contributed by atoms with Crippen molar-refractivity contribution in [2.75, 3.05) is 29.9 Å². The van der Waals surface area contributed by atoms with Crippen LogP contribution in [0.15, 0.2) is 30.6 Å². The first-order valence-corrected chi connectivity index (χ1v) is 10.6. The van der Waals surface area contributed by atoms with Gasteiger partial charge >= 0.3 is 0 Å². The molecule has 1 saturated heterocycles. The zero-order valence-corrected chi connectivity index (χ0v) is 17.2. The summed E-state index contributed by atoms with van der Waals surface area (Å²) >= 11 is 1.46. The highest BCUT2D eigenvalue weighted by Crippen LogP contribution is 2.30. The number of amides is 1. The molecular formula is C19H20N8O2S. The summed E-state index contributed by atoms with van der Waals surface area (Å²) in [6.07, 6.45) is 4.86. The van der Waals surface area contributed by atoms with Crippen molar-refractivity contribution < 1.29 is 9.53 Å². The van der Waals surface area contributed by atoms with E-state index in [9.17, 15) is 4.79 Å². The van der Waals surface area contributed by atoms with Gasteiger partial charge in [-0.15, -0.1) is 5.10 Å². The molecule has 1 aliphatic heterocycles. The molecule has 1 fully saturated rings. The van der Waals surface area contributed by atoms with Gasteiger partial charge in [-0.05, 0) is 48.4 Å². The van der Waals surface area contributed by atoms with E-state index in [0.29, 0.717) is 17.4 Å². The quantitative estimate of drug-likeness (QED) is 0.520. The number of carbonyl (C=O) groups is 1. The Balaban J connectivity index is 1.24. The second-order valence-electron chi connectivity index (χ2n) is 7.05. The molecule has 3 aromatic heterocycles. The van der Waals surface area contributed by atoms with Crippen LogP contribution >= 0.6 is 11.3 Å². The highest BCUT2D eigenvalue weighted by molar-refractivity contribution is 7.22. The number of benzene rings is 1. The van der Waals surface area contributed by atoms with Gasteiger partial charge in [-0.2, -0.15) is 4.52 Å². The maximum absolute atomic E-state index is 12.8. The number of nitrogens with zero attached hydrogens (tertiary/aromatic N) is 7. The lowest BCUT2D eigenvalue weighted by Gasteiger charge is -2.32. The molecule has 154 valence electrons. The third-order valence-corrected chi connectivity index (χ3v) is 6.12. The molecule has 0 bridgehead atoms. The largest absolute Gasteiger partial charge is 0.494 e. The molecule has 0 radical (unpaired) electrons. The van der Waals surface area contributed by atoms with Gasteiger partial charge < -0.3 is 15.0 Å². The number of tetrazole rings is 1. The van der Waals surface area contributed by atoms with Gasteiger partial charge in [0.1, 0.15) is 5.75 Å². The average Bonchev–Trinajstić information content (AvgIpc) is 3.40. The first-order chi connectivity index (χ1) is 14.7. The van der Waals surface area contributed by atoms with Gasteiger partial charge in [0.25, 0.3) is 0 Å². The Morgan fingerprint density at radius 3 is 3.00 bits per heavy atom. The van der Waals surface area contributed by atoms with E-state index in [1.165, 1.54) is 11.3 Å². The van der Waals surface area contributed by atoms with Crippen LogP contribution in [0, 0.1) is 5.92 Å². The number of thiazole rings is 1. The molecule has 0 atom stereocenters. The number of nitrogens with one attached hydrogen (secondary N) is 1. The first-order valence-electron chi connectivity index (χ1n) is 9.82. The minimum Gasteiger partial charge on any atom is -0.494 e. The second kappa shape index (κ2) is 7.82. The Bertz CT molecular complexity index is 1200. The summed E-state index contributed by atoms with van der Waals surface area (Å²) in [6.45, 7) is 4.03. The average molecular weight is 424 g/mol. The number of hydrogen-bond donors (Lipinski definition) is 1. The van der Waals surface area contributed by atoms with Gasteiger partial charge in [-0.3, -0.25) is 9.78 Å². The number of aromatic nitrogens is 6. The Hall–Kier alpha value is -3.34. The van der Waals surface area contributed by atoms with Gasteiger partial charge in [0.05, 0.1) is 29.2 Å². The standard InChI is InChI=1S/C19H20N8O2S/c1-2-29-13-3-4-14-15(9-13)30-19(21-14)22-18(28)12-5-7-26(8-6-12)17-11-20-10-16-23-24-25-27(16)17/h3-4,9-12H,2,5-8H2,1H3,(H,21,22,28). The lowest BCUT2D eigenvalue weighted by Crippen LogP contribution is -2.39. The molecule has 10 nitrogen and oxygen atoms in total. The van der Waals surface area contributed by atoms with Crippen molar-refractivity contribution in [1.82, 2.24) is 30.0 Å². The molecule has 30 heavy (non-hydrogen) atoms. The van der Waals surface area contributed by atoms with Crippen LogP contribution in [-0.4, -0.2) is 55.6 Å². The maximum atomic E-state index is 12.8. The summed E-state index contributed by atoms with van der Waals surface area (Å²) < 4.78 is 8.20. The van der Waals surface area contributed by atoms with Crippen LogP contribution in [0.3, 0.4) is 0 Å². The van der Waals surface area contributed by atoms with Crippen molar-refractivity contribution in [1.29, 1.82) is 0 Å². The second-order valence-corrected chi connectivity index (χ2v) is 8.08. The third-order valence-electron chi connectivity index (χ3n) is 5.18. The molecule has 4 aromatic rings. The molecule has 1 amide bonds. The van der Waals surface area contributed by atoms with E-state index in [-0.39, 0.29) is 11.8 Å². The number of carbonyl (C=O) groups excluding carboxylic acids is 1. The molecule has 0 saturated carbocycles. The molecule has 11 heteroatoms. The van der Waals surface area contributed by atoms with Gasteiger partial charge in [0.15, 0.2) is 16.6 Å². The number of hydrogen-bond acceptors (Lipinski definition) is 9. The Morgan fingerprint density at radius 1 is 1.30 bits per heavy atom. The molecule has 1 aromatic carbocycles. The molecule has 1 N–H and O–H groups in total. The SMILES string of the molecule is CCOc1ccc2nc(NC(=O)C3CCN(c4cncc5nnnn45)CC3)sc2c1. The van der Waals surface area contributed by atoms with E-state index in [1.54, 1.807) is 16.9 Å². The van der Waals surface area contributed by atoms with Gasteiger partial charge in [0.2, 0.25) is 5.91 Å². The summed E-state index contributed by atoms with van der Waals surface area (Å²) in [6, 6.07) is 5.77. The summed E-state index contributed by atoms with van der Waals surface area (Å²) in [5, 5.41) is 15.3. The van der Waals surface area contributed by atoms with Crippen molar-refractivity contribution in [3.05, 3.63) is 30.6 Å². The van der Waals surface area contributed by atoms with E-state index in [4.69, 9.17) is 4.74 Å². The molecule has 1 aliphatic rings. The first kappa shape index (κ1) is 18.7. The lowest BCUT2D eigenvalue weighted by atomic mass is 9.96. The monoisotopic (exact) mass is 424 g/mol. The predicted molar refractivity (Wildman–Crippen MR) is 113 cm³/mol. The van der Waals surface area contributed by atoms with Crippen LogP contribution in [0.4, 0.5) is 10.9 Å². The van der Waals surface area contributed by atoms with Crippen LogP contribution in [0.2, 0.25) is 0 Å². The van der Waals surface area contributed by atoms with Gasteiger partial charge in [-0.1, -0.05) is 11.3 Å². The van der Waals surface area contributed by atoms with Crippen molar-refractivity contribution in [2.45, 2.75) is 19.8 Å². The fourth-order valence-corrected chi connectivity index (χ4v) is 4.57. The van der Waals surface area contributed by atoms with Crippen molar-refractivity contribution in [3.8, 4) is 5.75 Å². The smallest absolute Gasteiger partial charge is 0.229 e. The normalized spacial score (nSPS) is 15.0. The highest BCUT2D eigenvalue weighted by atomic mass is 32.1. The fourth-order valence-electron chi connectivity index (χ4n) is 3.67. The van der Waals surface area contributed by atoms with Crippen molar-refractivity contribution >= 4 is 44.1 Å². The number of fused-ring (bicyclic) bond motifs is 2. The van der Waals surface area contributed by atoms with Crippen LogP contribution in [-0.2, 0) is 4.79 Å².